The lowest BCUT2D eigenvalue weighted by molar-refractivity contribution is 0.104. The van der Waals surface area contributed by atoms with Crippen LogP contribution in [0.2, 0.25) is 5.02 Å². The third-order valence-electron chi connectivity index (χ3n) is 6.00. The van der Waals surface area contributed by atoms with E-state index in [2.05, 4.69) is 20.6 Å². The minimum absolute atomic E-state index is 0.121. The van der Waals surface area contributed by atoms with Gasteiger partial charge in [-0.2, -0.15) is 0 Å². The number of methoxy groups -OCH3 is 1. The molecule has 1 N–H and O–H groups in total. The molecule has 0 saturated heterocycles. The number of benzene rings is 3. The monoisotopic (exact) mass is 539 g/mol. The molecule has 8 nitrogen and oxygen atoms in total. The van der Waals surface area contributed by atoms with Crippen molar-refractivity contribution in [2.75, 3.05) is 19.0 Å². The number of rotatable bonds is 11. The van der Waals surface area contributed by atoms with Crippen molar-refractivity contribution in [3.8, 4) is 11.5 Å². The van der Waals surface area contributed by atoms with Crippen molar-refractivity contribution in [2.24, 2.45) is 0 Å². The Morgan fingerprint density at radius 1 is 1.05 bits per heavy atom. The zero-order valence-electron chi connectivity index (χ0n) is 21.3. The van der Waals surface area contributed by atoms with Crippen LogP contribution < -0.4 is 14.8 Å². The Bertz CT molecular complexity index is 1620. The molecule has 9 heteroatoms. The first-order valence-electron chi connectivity index (χ1n) is 12.3. The molecule has 3 aromatic carbocycles. The van der Waals surface area contributed by atoms with Crippen LogP contribution in [0, 0.1) is 0 Å². The SMILES string of the molecule is COc1cc(C(=O)/C=C/c2ccccc2)ccc1OCc1cn(CCNc2ccnc3cc(Cl)ccc23)nn1. The molecule has 2 heterocycles. The predicted octanol–water partition coefficient (Wildman–Crippen LogP) is 6.08. The van der Waals surface area contributed by atoms with Gasteiger partial charge in [0.2, 0.25) is 0 Å². The number of carbonyl (C=O) groups is 1. The van der Waals surface area contributed by atoms with Crippen LogP contribution in [0.25, 0.3) is 17.0 Å². The van der Waals surface area contributed by atoms with E-state index in [1.54, 1.807) is 48.3 Å². The molecule has 5 rings (SSSR count). The van der Waals surface area contributed by atoms with Gasteiger partial charge in [0, 0.05) is 34.4 Å². The third-order valence-corrected chi connectivity index (χ3v) is 6.23. The summed E-state index contributed by atoms with van der Waals surface area (Å²) < 4.78 is 13.1. The number of hydrogen-bond acceptors (Lipinski definition) is 7. The Labute approximate surface area is 230 Å². The van der Waals surface area contributed by atoms with E-state index in [1.807, 2.05) is 60.8 Å². The van der Waals surface area contributed by atoms with Gasteiger partial charge in [-0.05, 0) is 54.1 Å². The van der Waals surface area contributed by atoms with Crippen LogP contribution in [0.5, 0.6) is 11.5 Å². The number of nitrogens with one attached hydrogen (secondary N) is 1. The number of allylic oxidation sites excluding steroid dienone is 1. The third kappa shape index (κ3) is 6.61. The molecule has 2 aromatic heterocycles. The van der Waals surface area contributed by atoms with E-state index in [-0.39, 0.29) is 12.4 Å². The Morgan fingerprint density at radius 3 is 2.77 bits per heavy atom. The van der Waals surface area contributed by atoms with Gasteiger partial charge in [0.15, 0.2) is 17.3 Å². The topological polar surface area (TPSA) is 91.2 Å². The zero-order valence-corrected chi connectivity index (χ0v) is 22.0. The van der Waals surface area contributed by atoms with Crippen LogP contribution in [-0.2, 0) is 13.2 Å². The van der Waals surface area contributed by atoms with Gasteiger partial charge in [0.05, 0.1) is 25.4 Å². The second kappa shape index (κ2) is 12.2. The predicted molar refractivity (Wildman–Crippen MR) is 152 cm³/mol. The lowest BCUT2D eigenvalue weighted by atomic mass is 10.1. The molecule has 0 radical (unpaired) electrons. The van der Waals surface area contributed by atoms with Crippen LogP contribution in [-0.4, -0.2) is 39.4 Å². The lowest BCUT2D eigenvalue weighted by Crippen LogP contribution is -2.11. The normalized spacial score (nSPS) is 11.1. The average molecular weight is 540 g/mol. The highest BCUT2D eigenvalue weighted by atomic mass is 35.5. The molecule has 0 spiro atoms. The number of anilines is 1. The van der Waals surface area contributed by atoms with E-state index in [9.17, 15) is 4.79 Å². The fourth-order valence-corrected chi connectivity index (χ4v) is 4.18. The minimum atomic E-state index is -0.121. The van der Waals surface area contributed by atoms with Crippen LogP contribution >= 0.6 is 11.6 Å². The number of hydrogen-bond donors (Lipinski definition) is 1. The molecule has 0 fully saturated rings. The van der Waals surface area contributed by atoms with Crippen molar-refractivity contribution >= 4 is 40.1 Å². The lowest BCUT2D eigenvalue weighted by Gasteiger charge is -2.10. The fourth-order valence-electron chi connectivity index (χ4n) is 4.02. The van der Waals surface area contributed by atoms with Gasteiger partial charge in [-0.3, -0.25) is 14.5 Å². The Kier molecular flexibility index (Phi) is 8.14. The highest BCUT2D eigenvalue weighted by molar-refractivity contribution is 6.31. The van der Waals surface area contributed by atoms with Crippen molar-refractivity contribution in [3.05, 3.63) is 113 Å². The highest BCUT2D eigenvalue weighted by Gasteiger charge is 2.11. The summed E-state index contributed by atoms with van der Waals surface area (Å²) in [5, 5.41) is 13.5. The van der Waals surface area contributed by atoms with Gasteiger partial charge in [-0.25, -0.2) is 0 Å². The van der Waals surface area contributed by atoms with Gasteiger partial charge in [-0.15, -0.1) is 5.10 Å². The molecule has 0 aliphatic rings. The molecular formula is C30H26ClN5O3. The number of halogens is 1. The number of pyridine rings is 1. The number of ketones is 1. The van der Waals surface area contributed by atoms with E-state index < -0.39 is 0 Å². The summed E-state index contributed by atoms with van der Waals surface area (Å²) in [5.74, 6) is 0.863. The van der Waals surface area contributed by atoms with E-state index >= 15 is 0 Å². The molecule has 0 aliphatic carbocycles. The molecule has 0 bridgehead atoms. The maximum atomic E-state index is 12.6. The number of ether oxygens (including phenoxy) is 2. The highest BCUT2D eigenvalue weighted by Crippen LogP contribution is 2.29. The molecule has 196 valence electrons. The van der Waals surface area contributed by atoms with Gasteiger partial charge in [0.25, 0.3) is 0 Å². The number of carbonyl (C=O) groups excluding carboxylic acids is 1. The molecule has 5 aromatic rings. The van der Waals surface area contributed by atoms with Crippen molar-refractivity contribution < 1.29 is 14.3 Å². The summed E-state index contributed by atoms with van der Waals surface area (Å²) in [6.45, 7) is 1.47. The molecule has 0 aliphatic heterocycles. The number of fused-ring (bicyclic) bond motifs is 1. The van der Waals surface area contributed by atoms with Crippen molar-refractivity contribution in [2.45, 2.75) is 13.2 Å². The minimum Gasteiger partial charge on any atom is -0.493 e. The molecule has 39 heavy (non-hydrogen) atoms. The maximum absolute atomic E-state index is 12.6. The van der Waals surface area contributed by atoms with Crippen LogP contribution in [0.4, 0.5) is 5.69 Å². The first-order chi connectivity index (χ1) is 19.1. The Balaban J connectivity index is 1.15. The quantitative estimate of drug-likeness (QED) is 0.161. The van der Waals surface area contributed by atoms with E-state index in [0.29, 0.717) is 40.9 Å². The van der Waals surface area contributed by atoms with Gasteiger partial charge in [0.1, 0.15) is 12.3 Å². The standard InChI is InChI=1S/C30H26ClN5O3/c1-38-30-17-22(28(37)11-7-21-5-3-2-4-6-21)8-12-29(30)39-20-24-19-36(35-34-24)16-15-33-26-13-14-32-27-18-23(31)9-10-25(26)27/h2-14,17-19H,15-16,20H2,1H3,(H,32,33)/b11-7+. The maximum Gasteiger partial charge on any atom is 0.185 e. The largest absolute Gasteiger partial charge is 0.493 e. The molecule has 0 saturated carbocycles. The van der Waals surface area contributed by atoms with Crippen LogP contribution in [0.3, 0.4) is 0 Å². The average Bonchev–Trinajstić information content (AvgIpc) is 3.42. The zero-order chi connectivity index (χ0) is 27.0. The first kappa shape index (κ1) is 25.9. The summed E-state index contributed by atoms with van der Waals surface area (Å²) in [7, 11) is 1.54. The van der Waals surface area contributed by atoms with Gasteiger partial charge >= 0.3 is 0 Å². The fraction of sp³-hybridized carbons (Fsp3) is 0.133. The van der Waals surface area contributed by atoms with Crippen LogP contribution in [0.15, 0.2) is 91.3 Å². The van der Waals surface area contributed by atoms with Gasteiger partial charge < -0.3 is 14.8 Å². The van der Waals surface area contributed by atoms with Gasteiger partial charge in [-0.1, -0.05) is 53.2 Å². The second-order valence-corrected chi connectivity index (χ2v) is 9.12. The molecule has 0 atom stereocenters. The van der Waals surface area contributed by atoms with E-state index in [0.717, 1.165) is 22.2 Å². The molecule has 0 unspecified atom stereocenters. The Hall–Kier alpha value is -4.69. The Morgan fingerprint density at radius 2 is 1.92 bits per heavy atom. The van der Waals surface area contributed by atoms with Crippen molar-refractivity contribution in [1.29, 1.82) is 0 Å². The molecule has 0 amide bonds. The summed E-state index contributed by atoms with van der Waals surface area (Å²) in [5.41, 5.74) is 3.95. The molecular weight excluding hydrogens is 514 g/mol. The number of nitrogens with zero attached hydrogens (tertiary/aromatic N) is 4. The van der Waals surface area contributed by atoms with Crippen LogP contribution in [0.1, 0.15) is 21.6 Å². The smallest absolute Gasteiger partial charge is 0.185 e. The van der Waals surface area contributed by atoms with Crippen molar-refractivity contribution in [1.82, 2.24) is 20.0 Å². The van der Waals surface area contributed by atoms with Crippen molar-refractivity contribution in [3.63, 3.8) is 0 Å². The summed E-state index contributed by atoms with van der Waals surface area (Å²) >= 11 is 6.08. The first-order valence-corrected chi connectivity index (χ1v) is 12.7. The summed E-state index contributed by atoms with van der Waals surface area (Å²) in [4.78, 5) is 17.0. The summed E-state index contributed by atoms with van der Waals surface area (Å²) in [6.07, 6.45) is 6.92. The van der Waals surface area contributed by atoms with E-state index in [1.165, 1.54) is 0 Å². The number of aromatic nitrogens is 4. The second-order valence-electron chi connectivity index (χ2n) is 8.68. The summed E-state index contributed by atoms with van der Waals surface area (Å²) in [6, 6.07) is 22.4. The van der Waals surface area contributed by atoms with E-state index in [4.69, 9.17) is 21.1 Å².